The van der Waals surface area contributed by atoms with Crippen LogP contribution in [0.25, 0.3) is 0 Å². The van der Waals surface area contributed by atoms with Gasteiger partial charge in [-0.25, -0.2) is 13.4 Å². The van der Waals surface area contributed by atoms with Crippen LogP contribution in [0.15, 0.2) is 40.0 Å². The van der Waals surface area contributed by atoms with E-state index in [4.69, 9.17) is 5.73 Å². The zero-order valence-electron chi connectivity index (χ0n) is 11.0. The molecule has 0 radical (unpaired) electrons. The second-order valence-electron chi connectivity index (χ2n) is 4.46. The third kappa shape index (κ3) is 3.10. The monoisotopic (exact) mass is 355 g/mol. The lowest BCUT2D eigenvalue weighted by molar-refractivity contribution is 0.600. The number of sulfonamides is 1. The summed E-state index contributed by atoms with van der Waals surface area (Å²) in [6.45, 7) is 3.54. The first-order valence-corrected chi connectivity index (χ1v) is 8.08. The van der Waals surface area contributed by atoms with Gasteiger partial charge >= 0.3 is 0 Å². The van der Waals surface area contributed by atoms with Crippen molar-refractivity contribution >= 4 is 37.3 Å². The molecule has 0 amide bonds. The fraction of sp³-hybridized carbons (Fsp3) is 0.154. The molecule has 0 saturated heterocycles. The quantitative estimate of drug-likeness (QED) is 0.654. The van der Waals surface area contributed by atoms with Crippen molar-refractivity contribution in [3.05, 3.63) is 46.2 Å². The van der Waals surface area contributed by atoms with E-state index in [1.807, 2.05) is 6.92 Å². The van der Waals surface area contributed by atoms with Gasteiger partial charge in [0.15, 0.2) is 0 Å². The molecule has 0 atom stereocenters. The standard InChI is InChI=1S/C13H14BrN3O2S/c1-8-5-10(15)3-4-12(8)20(18,19)17-11-6-9(2)13(14)16-7-11/h3-7,17H,15H2,1-2H3. The maximum atomic E-state index is 12.3. The molecule has 0 unspecified atom stereocenters. The highest BCUT2D eigenvalue weighted by atomic mass is 79.9. The SMILES string of the molecule is Cc1cc(N)ccc1S(=O)(=O)Nc1cnc(Br)c(C)c1. The lowest BCUT2D eigenvalue weighted by atomic mass is 10.2. The number of nitrogens with one attached hydrogen (secondary N) is 1. The summed E-state index contributed by atoms with van der Waals surface area (Å²) in [5.41, 5.74) is 8.02. The molecule has 7 heteroatoms. The largest absolute Gasteiger partial charge is 0.399 e. The summed E-state index contributed by atoms with van der Waals surface area (Å²) in [4.78, 5) is 4.26. The van der Waals surface area contributed by atoms with Crippen LogP contribution in [-0.2, 0) is 10.0 Å². The molecular weight excluding hydrogens is 342 g/mol. The summed E-state index contributed by atoms with van der Waals surface area (Å²) in [5, 5.41) is 0. The number of rotatable bonds is 3. The van der Waals surface area contributed by atoms with Gasteiger partial charge in [-0.15, -0.1) is 0 Å². The molecular formula is C13H14BrN3O2S. The van der Waals surface area contributed by atoms with E-state index in [9.17, 15) is 8.42 Å². The Labute approximate surface area is 126 Å². The van der Waals surface area contributed by atoms with Crippen LogP contribution >= 0.6 is 15.9 Å². The maximum absolute atomic E-state index is 12.3. The summed E-state index contributed by atoms with van der Waals surface area (Å²) in [5.74, 6) is 0. The first-order valence-electron chi connectivity index (χ1n) is 5.81. The van der Waals surface area contributed by atoms with E-state index in [-0.39, 0.29) is 4.90 Å². The van der Waals surface area contributed by atoms with Gasteiger partial charge in [0.2, 0.25) is 0 Å². The van der Waals surface area contributed by atoms with Crippen LogP contribution in [0.4, 0.5) is 11.4 Å². The van der Waals surface area contributed by atoms with Gasteiger partial charge in [-0.2, -0.15) is 0 Å². The predicted molar refractivity (Wildman–Crippen MR) is 83.1 cm³/mol. The molecule has 1 heterocycles. The van der Waals surface area contributed by atoms with Gasteiger partial charge in [-0.05, 0) is 65.2 Å². The summed E-state index contributed by atoms with van der Waals surface area (Å²) < 4.78 is 27.9. The van der Waals surface area contributed by atoms with Gasteiger partial charge in [0, 0.05) is 5.69 Å². The third-order valence-corrected chi connectivity index (χ3v) is 5.13. The number of nitrogens with zero attached hydrogens (tertiary/aromatic N) is 1. The molecule has 2 rings (SSSR count). The minimum atomic E-state index is -3.65. The van der Waals surface area contributed by atoms with Gasteiger partial charge in [-0.3, -0.25) is 4.72 Å². The van der Waals surface area contributed by atoms with E-state index in [0.717, 1.165) is 5.56 Å². The van der Waals surface area contributed by atoms with Crippen LogP contribution in [0.5, 0.6) is 0 Å². The van der Waals surface area contributed by atoms with Crippen molar-refractivity contribution in [1.29, 1.82) is 0 Å². The Bertz CT molecular complexity index is 760. The number of hydrogen-bond acceptors (Lipinski definition) is 4. The van der Waals surface area contributed by atoms with Crippen molar-refractivity contribution in [3.63, 3.8) is 0 Å². The molecule has 0 spiro atoms. The Morgan fingerprint density at radius 3 is 2.50 bits per heavy atom. The number of aromatic nitrogens is 1. The van der Waals surface area contributed by atoms with Crippen molar-refractivity contribution < 1.29 is 8.42 Å². The van der Waals surface area contributed by atoms with Crippen LogP contribution < -0.4 is 10.5 Å². The minimum absolute atomic E-state index is 0.201. The number of hydrogen-bond donors (Lipinski definition) is 2. The highest BCUT2D eigenvalue weighted by molar-refractivity contribution is 9.10. The minimum Gasteiger partial charge on any atom is -0.399 e. The Morgan fingerprint density at radius 1 is 1.20 bits per heavy atom. The molecule has 3 N–H and O–H groups in total. The van der Waals surface area contributed by atoms with E-state index >= 15 is 0 Å². The summed E-state index contributed by atoms with van der Waals surface area (Å²) in [7, 11) is -3.65. The molecule has 0 bridgehead atoms. The molecule has 5 nitrogen and oxygen atoms in total. The highest BCUT2D eigenvalue weighted by Gasteiger charge is 2.17. The van der Waals surface area contributed by atoms with Gasteiger partial charge in [0.25, 0.3) is 10.0 Å². The first-order chi connectivity index (χ1) is 9.29. The van der Waals surface area contributed by atoms with Gasteiger partial charge in [-0.1, -0.05) is 0 Å². The molecule has 2 aromatic rings. The molecule has 0 aliphatic heterocycles. The van der Waals surface area contributed by atoms with Crippen molar-refractivity contribution in [2.45, 2.75) is 18.7 Å². The van der Waals surface area contributed by atoms with Crippen molar-refractivity contribution in [3.8, 4) is 0 Å². The second kappa shape index (κ2) is 5.41. The molecule has 0 aliphatic carbocycles. The molecule has 0 fully saturated rings. The summed E-state index contributed by atoms with van der Waals surface area (Å²) in [6.07, 6.45) is 1.46. The number of anilines is 2. The van der Waals surface area contributed by atoms with Crippen LogP contribution in [0.3, 0.4) is 0 Å². The Balaban J connectivity index is 2.38. The van der Waals surface area contributed by atoms with Crippen LogP contribution in [0.2, 0.25) is 0 Å². The zero-order chi connectivity index (χ0) is 14.9. The van der Waals surface area contributed by atoms with Gasteiger partial charge in [0.05, 0.1) is 16.8 Å². The normalized spacial score (nSPS) is 11.3. The Kier molecular flexibility index (Phi) is 4.01. The second-order valence-corrected chi connectivity index (χ2v) is 6.86. The summed E-state index contributed by atoms with van der Waals surface area (Å²) in [6, 6.07) is 6.39. The van der Waals surface area contributed by atoms with E-state index in [1.165, 1.54) is 12.3 Å². The zero-order valence-corrected chi connectivity index (χ0v) is 13.4. The van der Waals surface area contributed by atoms with Crippen molar-refractivity contribution in [2.24, 2.45) is 0 Å². The van der Waals surface area contributed by atoms with Crippen LogP contribution in [-0.4, -0.2) is 13.4 Å². The van der Waals surface area contributed by atoms with Gasteiger partial charge in [0.1, 0.15) is 4.60 Å². The third-order valence-electron chi connectivity index (χ3n) is 2.76. The fourth-order valence-corrected chi connectivity index (χ4v) is 3.28. The van der Waals surface area contributed by atoms with E-state index in [1.54, 1.807) is 25.1 Å². The molecule has 20 heavy (non-hydrogen) atoms. The average Bonchev–Trinajstić information content (AvgIpc) is 2.33. The molecule has 1 aromatic carbocycles. The lowest BCUT2D eigenvalue weighted by Gasteiger charge is -2.11. The van der Waals surface area contributed by atoms with Crippen molar-refractivity contribution in [1.82, 2.24) is 4.98 Å². The topological polar surface area (TPSA) is 85.1 Å². The number of aryl methyl sites for hydroxylation is 2. The smallest absolute Gasteiger partial charge is 0.262 e. The predicted octanol–water partition coefficient (Wildman–Crippen LogP) is 2.84. The van der Waals surface area contributed by atoms with E-state index in [2.05, 4.69) is 25.6 Å². The van der Waals surface area contributed by atoms with Crippen LogP contribution in [0, 0.1) is 13.8 Å². The molecule has 0 saturated carbocycles. The highest BCUT2D eigenvalue weighted by Crippen LogP contribution is 2.23. The molecule has 0 aliphatic rings. The fourth-order valence-electron chi connectivity index (χ4n) is 1.80. The molecule has 106 valence electrons. The number of halogens is 1. The maximum Gasteiger partial charge on any atom is 0.262 e. The Hall–Kier alpha value is -1.60. The lowest BCUT2D eigenvalue weighted by Crippen LogP contribution is -2.14. The number of pyridine rings is 1. The average molecular weight is 356 g/mol. The Morgan fingerprint density at radius 2 is 1.90 bits per heavy atom. The summed E-state index contributed by atoms with van der Waals surface area (Å²) >= 11 is 3.27. The van der Waals surface area contributed by atoms with Crippen LogP contribution in [0.1, 0.15) is 11.1 Å². The van der Waals surface area contributed by atoms with E-state index < -0.39 is 10.0 Å². The van der Waals surface area contributed by atoms with Crippen molar-refractivity contribution in [2.75, 3.05) is 10.5 Å². The molecule has 1 aromatic heterocycles. The number of nitrogens with two attached hydrogens (primary N) is 1. The first kappa shape index (κ1) is 14.8. The number of nitrogen functional groups attached to an aromatic ring is 1. The van der Waals surface area contributed by atoms with Gasteiger partial charge < -0.3 is 5.73 Å². The number of benzene rings is 1. The van der Waals surface area contributed by atoms with E-state index in [0.29, 0.717) is 21.5 Å².